The summed E-state index contributed by atoms with van der Waals surface area (Å²) in [5, 5.41) is 10.1. The lowest BCUT2D eigenvalue weighted by atomic mass is 9.79. The molecule has 0 heterocycles. The van der Waals surface area contributed by atoms with E-state index >= 15 is 0 Å². The first-order valence-electron chi connectivity index (χ1n) is 4.75. The zero-order valence-electron chi connectivity index (χ0n) is 7.86. The minimum Gasteiger partial charge on any atom is -0.375 e. The first kappa shape index (κ1) is 9.21. The molecule has 1 aromatic rings. The molecule has 1 aromatic carbocycles. The van der Waals surface area contributed by atoms with Gasteiger partial charge in [0.25, 0.3) is 5.91 Å². The van der Waals surface area contributed by atoms with Crippen molar-refractivity contribution in [2.24, 2.45) is 5.73 Å². The minimum absolute atomic E-state index is 0.430. The third kappa shape index (κ3) is 1.21. The van der Waals surface area contributed by atoms with Gasteiger partial charge in [0.1, 0.15) is 0 Å². The Labute approximate surface area is 82.5 Å². The Morgan fingerprint density at radius 3 is 2.86 bits per heavy atom. The van der Waals surface area contributed by atoms with Gasteiger partial charge < -0.3 is 10.8 Å². The molecule has 0 fully saturated rings. The number of hydrogen-bond acceptors (Lipinski definition) is 2. The van der Waals surface area contributed by atoms with Gasteiger partial charge in [0, 0.05) is 0 Å². The summed E-state index contributed by atoms with van der Waals surface area (Å²) < 4.78 is 0. The van der Waals surface area contributed by atoms with Crippen LogP contribution in [0.15, 0.2) is 24.3 Å². The van der Waals surface area contributed by atoms with Crippen LogP contribution in [0, 0.1) is 0 Å². The second kappa shape index (κ2) is 3.10. The van der Waals surface area contributed by atoms with Crippen LogP contribution < -0.4 is 5.73 Å². The maximum absolute atomic E-state index is 11.2. The topological polar surface area (TPSA) is 63.3 Å². The maximum Gasteiger partial charge on any atom is 0.254 e. The zero-order chi connectivity index (χ0) is 10.2. The summed E-state index contributed by atoms with van der Waals surface area (Å²) in [4.78, 5) is 11.2. The second-order valence-electron chi connectivity index (χ2n) is 3.74. The van der Waals surface area contributed by atoms with E-state index in [4.69, 9.17) is 5.73 Å². The van der Waals surface area contributed by atoms with Crippen molar-refractivity contribution in [2.45, 2.75) is 24.9 Å². The fraction of sp³-hybridized carbons (Fsp3) is 0.364. The van der Waals surface area contributed by atoms with Gasteiger partial charge in [-0.3, -0.25) is 4.79 Å². The quantitative estimate of drug-likeness (QED) is 0.686. The van der Waals surface area contributed by atoms with Gasteiger partial charge >= 0.3 is 0 Å². The van der Waals surface area contributed by atoms with E-state index in [2.05, 4.69) is 0 Å². The molecule has 1 atom stereocenters. The Kier molecular flexibility index (Phi) is 2.04. The van der Waals surface area contributed by atoms with E-state index in [0.29, 0.717) is 12.0 Å². The Balaban J connectivity index is 2.55. The molecular formula is C11H13NO2. The van der Waals surface area contributed by atoms with Crippen LogP contribution in [-0.4, -0.2) is 11.0 Å². The molecule has 0 aromatic heterocycles. The largest absolute Gasteiger partial charge is 0.375 e. The van der Waals surface area contributed by atoms with Gasteiger partial charge in [-0.1, -0.05) is 24.3 Å². The molecule has 3 N–H and O–H groups in total. The van der Waals surface area contributed by atoms with E-state index in [0.717, 1.165) is 18.4 Å². The summed E-state index contributed by atoms with van der Waals surface area (Å²) in [6, 6.07) is 7.44. The number of hydrogen-bond donors (Lipinski definition) is 2. The molecule has 3 heteroatoms. The van der Waals surface area contributed by atoms with E-state index in [-0.39, 0.29) is 0 Å². The fourth-order valence-corrected chi connectivity index (χ4v) is 2.07. The summed E-state index contributed by atoms with van der Waals surface area (Å²) in [6.07, 6.45) is 2.14. The minimum atomic E-state index is -1.45. The number of benzene rings is 1. The highest BCUT2D eigenvalue weighted by Gasteiger charge is 2.39. The van der Waals surface area contributed by atoms with Gasteiger partial charge in [-0.15, -0.1) is 0 Å². The van der Waals surface area contributed by atoms with Crippen LogP contribution in [0.2, 0.25) is 0 Å². The highest BCUT2D eigenvalue weighted by molar-refractivity contribution is 5.85. The van der Waals surface area contributed by atoms with Crippen molar-refractivity contribution in [1.82, 2.24) is 0 Å². The first-order valence-corrected chi connectivity index (χ1v) is 4.75. The monoisotopic (exact) mass is 191 g/mol. The highest BCUT2D eigenvalue weighted by atomic mass is 16.3. The second-order valence-corrected chi connectivity index (χ2v) is 3.74. The van der Waals surface area contributed by atoms with Crippen LogP contribution in [0.25, 0.3) is 0 Å². The fourth-order valence-electron chi connectivity index (χ4n) is 2.07. The smallest absolute Gasteiger partial charge is 0.254 e. The lowest BCUT2D eigenvalue weighted by molar-refractivity contribution is -0.138. The molecule has 1 unspecified atom stereocenters. The van der Waals surface area contributed by atoms with Gasteiger partial charge in [0.2, 0.25) is 0 Å². The number of aliphatic hydroxyl groups is 1. The van der Waals surface area contributed by atoms with Gasteiger partial charge in [-0.2, -0.15) is 0 Å². The first-order chi connectivity index (χ1) is 6.64. The molecule has 0 saturated heterocycles. The van der Waals surface area contributed by atoms with Crippen molar-refractivity contribution >= 4 is 5.91 Å². The van der Waals surface area contributed by atoms with Crippen molar-refractivity contribution in [3.63, 3.8) is 0 Å². The van der Waals surface area contributed by atoms with E-state index in [9.17, 15) is 9.90 Å². The van der Waals surface area contributed by atoms with Crippen molar-refractivity contribution in [3.05, 3.63) is 35.4 Å². The van der Waals surface area contributed by atoms with E-state index in [1.807, 2.05) is 18.2 Å². The van der Waals surface area contributed by atoms with Crippen molar-refractivity contribution in [3.8, 4) is 0 Å². The van der Waals surface area contributed by atoms with Gasteiger partial charge in [-0.05, 0) is 30.4 Å². The molecule has 1 amide bonds. The maximum atomic E-state index is 11.2. The molecular weight excluding hydrogens is 178 g/mol. The van der Waals surface area contributed by atoms with Crippen LogP contribution in [0.4, 0.5) is 0 Å². The Bertz CT molecular complexity index is 375. The predicted molar refractivity (Wildman–Crippen MR) is 52.5 cm³/mol. The number of carbonyl (C=O) groups excluding carboxylic acids is 1. The summed E-state index contributed by atoms with van der Waals surface area (Å²) in [6.45, 7) is 0. The van der Waals surface area contributed by atoms with Gasteiger partial charge in [0.15, 0.2) is 5.60 Å². The van der Waals surface area contributed by atoms with E-state index < -0.39 is 11.5 Å². The number of amides is 1. The summed E-state index contributed by atoms with van der Waals surface area (Å²) >= 11 is 0. The number of aryl methyl sites for hydroxylation is 1. The molecule has 2 rings (SSSR count). The molecule has 3 nitrogen and oxygen atoms in total. The lowest BCUT2D eigenvalue weighted by Gasteiger charge is -2.31. The summed E-state index contributed by atoms with van der Waals surface area (Å²) in [7, 11) is 0. The molecule has 1 aliphatic rings. The van der Waals surface area contributed by atoms with Crippen molar-refractivity contribution in [1.29, 1.82) is 0 Å². The molecule has 0 radical (unpaired) electrons. The molecule has 0 saturated carbocycles. The molecule has 74 valence electrons. The molecule has 14 heavy (non-hydrogen) atoms. The van der Waals surface area contributed by atoms with Gasteiger partial charge in [-0.25, -0.2) is 0 Å². The van der Waals surface area contributed by atoms with Crippen LogP contribution in [0.1, 0.15) is 24.0 Å². The van der Waals surface area contributed by atoms with Crippen LogP contribution in [0.5, 0.6) is 0 Å². The zero-order valence-corrected chi connectivity index (χ0v) is 7.86. The number of nitrogens with two attached hydrogens (primary N) is 1. The van der Waals surface area contributed by atoms with Crippen molar-refractivity contribution in [2.75, 3.05) is 0 Å². The van der Waals surface area contributed by atoms with Crippen LogP contribution >= 0.6 is 0 Å². The number of rotatable bonds is 1. The number of primary amides is 1. The normalized spacial score (nSPS) is 25.5. The lowest BCUT2D eigenvalue weighted by Crippen LogP contribution is -2.43. The molecule has 1 aliphatic carbocycles. The third-order valence-corrected chi connectivity index (χ3v) is 2.86. The van der Waals surface area contributed by atoms with Crippen LogP contribution in [0.3, 0.4) is 0 Å². The highest BCUT2D eigenvalue weighted by Crippen LogP contribution is 2.34. The summed E-state index contributed by atoms with van der Waals surface area (Å²) in [5.74, 6) is -0.648. The summed E-state index contributed by atoms with van der Waals surface area (Å²) in [5.41, 5.74) is 5.49. The average molecular weight is 191 g/mol. The molecule has 0 spiro atoms. The Hall–Kier alpha value is -1.35. The number of carbonyl (C=O) groups is 1. The Morgan fingerprint density at radius 1 is 1.43 bits per heavy atom. The van der Waals surface area contributed by atoms with Crippen molar-refractivity contribution < 1.29 is 9.90 Å². The number of fused-ring (bicyclic) bond motifs is 1. The standard InChI is InChI=1S/C11H13NO2/c12-10(13)11(14)7-3-5-8-4-1-2-6-9(8)11/h1-2,4,6,14H,3,5,7H2,(H2,12,13). The Morgan fingerprint density at radius 2 is 2.14 bits per heavy atom. The molecule has 0 bridgehead atoms. The van der Waals surface area contributed by atoms with E-state index in [1.54, 1.807) is 6.07 Å². The average Bonchev–Trinajstić information content (AvgIpc) is 2.18. The van der Waals surface area contributed by atoms with Crippen LogP contribution in [-0.2, 0) is 16.8 Å². The SMILES string of the molecule is NC(=O)C1(O)CCCc2ccccc21. The van der Waals surface area contributed by atoms with Gasteiger partial charge in [0.05, 0.1) is 0 Å². The van der Waals surface area contributed by atoms with E-state index in [1.165, 1.54) is 0 Å². The predicted octanol–water partition coefficient (Wildman–Crippen LogP) is 0.696. The molecule has 0 aliphatic heterocycles. The third-order valence-electron chi connectivity index (χ3n) is 2.86.